The zero-order valence-electron chi connectivity index (χ0n) is 8.29. The summed E-state index contributed by atoms with van der Waals surface area (Å²) in [5.74, 6) is -0.544. The number of halogens is 1. The zero-order chi connectivity index (χ0) is 10.6. The van der Waals surface area contributed by atoms with Gasteiger partial charge in [0.25, 0.3) is 0 Å². The van der Waals surface area contributed by atoms with Gasteiger partial charge in [0.15, 0.2) is 11.6 Å². The molecule has 1 aromatic carbocycles. The third-order valence-electron chi connectivity index (χ3n) is 2.21. The van der Waals surface area contributed by atoms with Crippen molar-refractivity contribution < 1.29 is 13.9 Å². The molecule has 1 aromatic rings. The average Bonchev–Trinajstić information content (AvgIpc) is 2.20. The molecule has 3 heteroatoms. The van der Waals surface area contributed by atoms with Crippen LogP contribution in [0.1, 0.15) is 24.8 Å². The van der Waals surface area contributed by atoms with Gasteiger partial charge in [-0.25, -0.2) is 4.39 Å². The van der Waals surface area contributed by atoms with Crippen molar-refractivity contribution in [2.45, 2.75) is 19.3 Å². The number of para-hydroxylation sites is 1. The Labute approximate surface area is 82.7 Å². The van der Waals surface area contributed by atoms with Crippen molar-refractivity contribution in [3.8, 4) is 5.75 Å². The van der Waals surface area contributed by atoms with Gasteiger partial charge in [0, 0.05) is 11.5 Å². The average molecular weight is 196 g/mol. The molecule has 0 saturated heterocycles. The van der Waals surface area contributed by atoms with E-state index in [0.29, 0.717) is 12.0 Å². The van der Waals surface area contributed by atoms with E-state index < -0.39 is 5.82 Å². The van der Waals surface area contributed by atoms with Gasteiger partial charge in [-0.3, -0.25) is 0 Å². The molecule has 1 atom stereocenters. The van der Waals surface area contributed by atoms with E-state index >= 15 is 0 Å². The van der Waals surface area contributed by atoms with Crippen LogP contribution in [0.2, 0.25) is 0 Å². The second kappa shape index (κ2) is 4.74. The maximum Gasteiger partial charge on any atom is 0.165 e. The fourth-order valence-corrected chi connectivity index (χ4v) is 1.42. The van der Waals surface area contributed by atoms with Crippen LogP contribution in [0.4, 0.5) is 4.39 Å². The summed E-state index contributed by atoms with van der Waals surface area (Å²) < 4.78 is 18.2. The van der Waals surface area contributed by atoms with Gasteiger partial charge in [-0.1, -0.05) is 19.1 Å². The van der Waals surface area contributed by atoms with Crippen molar-refractivity contribution >= 4 is 6.29 Å². The Kier molecular flexibility index (Phi) is 3.63. The molecule has 1 rings (SSSR count). The van der Waals surface area contributed by atoms with E-state index in [1.165, 1.54) is 13.2 Å². The number of benzene rings is 1. The molecule has 0 bridgehead atoms. The number of carbonyl (C=O) groups is 1. The van der Waals surface area contributed by atoms with Crippen molar-refractivity contribution in [2.75, 3.05) is 7.11 Å². The van der Waals surface area contributed by atoms with Gasteiger partial charge < -0.3 is 9.53 Å². The highest BCUT2D eigenvalue weighted by atomic mass is 19.1. The largest absolute Gasteiger partial charge is 0.493 e. The Hall–Kier alpha value is -1.38. The van der Waals surface area contributed by atoms with Gasteiger partial charge in [0.05, 0.1) is 7.11 Å². The maximum absolute atomic E-state index is 13.2. The standard InChI is InChI=1S/C11H13FO2/c1-3-8(7-13)9-5-4-6-10(12)11(9)14-2/h4-8H,3H2,1-2H3. The second-order valence-electron chi connectivity index (χ2n) is 3.01. The summed E-state index contributed by atoms with van der Waals surface area (Å²) in [6, 6.07) is 4.61. The van der Waals surface area contributed by atoms with Gasteiger partial charge in [-0.05, 0) is 12.5 Å². The molecule has 0 saturated carbocycles. The molecule has 0 fully saturated rings. The SMILES string of the molecule is CCC(C=O)c1cccc(F)c1OC. The van der Waals surface area contributed by atoms with Gasteiger partial charge in [-0.15, -0.1) is 0 Å². The lowest BCUT2D eigenvalue weighted by Crippen LogP contribution is -2.03. The summed E-state index contributed by atoms with van der Waals surface area (Å²) in [6.07, 6.45) is 1.46. The van der Waals surface area contributed by atoms with E-state index in [9.17, 15) is 9.18 Å². The van der Waals surface area contributed by atoms with Crippen LogP contribution in [-0.2, 0) is 4.79 Å². The minimum Gasteiger partial charge on any atom is -0.493 e. The van der Waals surface area contributed by atoms with Crippen LogP contribution in [0.3, 0.4) is 0 Å². The first-order valence-corrected chi connectivity index (χ1v) is 4.52. The molecule has 0 spiro atoms. The highest BCUT2D eigenvalue weighted by Crippen LogP contribution is 2.29. The summed E-state index contributed by atoms with van der Waals surface area (Å²) in [7, 11) is 1.40. The number of hydrogen-bond acceptors (Lipinski definition) is 2. The quantitative estimate of drug-likeness (QED) is 0.692. The Morgan fingerprint density at radius 3 is 2.79 bits per heavy atom. The van der Waals surface area contributed by atoms with E-state index in [-0.39, 0.29) is 11.7 Å². The number of rotatable bonds is 4. The van der Waals surface area contributed by atoms with Gasteiger partial charge in [0.1, 0.15) is 6.29 Å². The summed E-state index contributed by atoms with van der Waals surface area (Å²) in [6.45, 7) is 1.88. The Balaban J connectivity index is 3.18. The molecular formula is C11H13FO2. The highest BCUT2D eigenvalue weighted by Gasteiger charge is 2.16. The predicted octanol–water partition coefficient (Wildman–Crippen LogP) is 2.53. The lowest BCUT2D eigenvalue weighted by atomic mass is 9.97. The zero-order valence-corrected chi connectivity index (χ0v) is 8.29. The number of hydrogen-bond donors (Lipinski definition) is 0. The summed E-state index contributed by atoms with van der Waals surface area (Å²) in [5.41, 5.74) is 0.616. The third-order valence-corrected chi connectivity index (χ3v) is 2.21. The van der Waals surface area contributed by atoms with E-state index in [4.69, 9.17) is 4.74 Å². The Bertz CT molecular complexity index is 323. The Morgan fingerprint density at radius 1 is 1.57 bits per heavy atom. The summed E-state index contributed by atoms with van der Waals surface area (Å²) >= 11 is 0. The molecule has 76 valence electrons. The molecule has 0 aliphatic rings. The van der Waals surface area contributed by atoms with Gasteiger partial charge in [0.2, 0.25) is 0 Å². The minimum absolute atomic E-state index is 0.173. The molecule has 0 heterocycles. The van der Waals surface area contributed by atoms with Gasteiger partial charge in [-0.2, -0.15) is 0 Å². The number of ether oxygens (including phenoxy) is 1. The van der Waals surface area contributed by atoms with E-state index in [1.807, 2.05) is 6.92 Å². The van der Waals surface area contributed by atoms with Gasteiger partial charge >= 0.3 is 0 Å². The molecule has 2 nitrogen and oxygen atoms in total. The minimum atomic E-state index is -0.426. The Morgan fingerprint density at radius 2 is 2.29 bits per heavy atom. The number of aldehydes is 1. The van der Waals surface area contributed by atoms with Crippen LogP contribution in [0.5, 0.6) is 5.75 Å². The first-order chi connectivity index (χ1) is 6.74. The lowest BCUT2D eigenvalue weighted by molar-refractivity contribution is -0.109. The van der Waals surface area contributed by atoms with Crippen LogP contribution < -0.4 is 4.74 Å². The predicted molar refractivity (Wildman–Crippen MR) is 52.0 cm³/mol. The molecule has 0 aromatic heterocycles. The summed E-state index contributed by atoms with van der Waals surface area (Å²) in [4.78, 5) is 10.7. The van der Waals surface area contributed by atoms with Crippen LogP contribution in [0.25, 0.3) is 0 Å². The van der Waals surface area contributed by atoms with Crippen molar-refractivity contribution in [3.05, 3.63) is 29.6 Å². The van der Waals surface area contributed by atoms with Crippen LogP contribution in [0, 0.1) is 5.82 Å². The molecule has 0 amide bonds. The molecule has 1 unspecified atom stereocenters. The smallest absolute Gasteiger partial charge is 0.165 e. The summed E-state index contributed by atoms with van der Waals surface area (Å²) in [5, 5.41) is 0. The number of carbonyl (C=O) groups excluding carboxylic acids is 1. The molecular weight excluding hydrogens is 183 g/mol. The molecule has 0 N–H and O–H groups in total. The van der Waals surface area contributed by atoms with Crippen molar-refractivity contribution in [1.82, 2.24) is 0 Å². The lowest BCUT2D eigenvalue weighted by Gasteiger charge is -2.12. The fourth-order valence-electron chi connectivity index (χ4n) is 1.42. The van der Waals surface area contributed by atoms with Crippen LogP contribution in [-0.4, -0.2) is 13.4 Å². The van der Waals surface area contributed by atoms with E-state index in [2.05, 4.69) is 0 Å². The third kappa shape index (κ3) is 1.92. The monoisotopic (exact) mass is 196 g/mol. The molecule has 14 heavy (non-hydrogen) atoms. The van der Waals surface area contributed by atoms with Crippen LogP contribution >= 0.6 is 0 Å². The van der Waals surface area contributed by atoms with Crippen molar-refractivity contribution in [1.29, 1.82) is 0 Å². The van der Waals surface area contributed by atoms with Crippen LogP contribution in [0.15, 0.2) is 18.2 Å². The number of methoxy groups -OCH3 is 1. The molecule has 0 radical (unpaired) electrons. The second-order valence-corrected chi connectivity index (χ2v) is 3.01. The fraction of sp³-hybridized carbons (Fsp3) is 0.364. The van der Waals surface area contributed by atoms with Crippen molar-refractivity contribution in [2.24, 2.45) is 0 Å². The maximum atomic E-state index is 13.2. The van der Waals surface area contributed by atoms with E-state index in [1.54, 1.807) is 12.1 Å². The van der Waals surface area contributed by atoms with E-state index in [0.717, 1.165) is 6.29 Å². The molecule has 0 aliphatic carbocycles. The topological polar surface area (TPSA) is 26.3 Å². The normalized spacial score (nSPS) is 12.2. The first-order valence-electron chi connectivity index (χ1n) is 4.52. The molecule has 0 aliphatic heterocycles. The highest BCUT2D eigenvalue weighted by molar-refractivity contribution is 5.64. The van der Waals surface area contributed by atoms with Crippen molar-refractivity contribution in [3.63, 3.8) is 0 Å². The first kappa shape index (κ1) is 10.7.